The SMILES string of the molecule is CC(=O)c1c(O)c(C)c(O)c2c1OC1=CC(=O)/C(=C(/C)NCCCCCNCCCCN)C(=O)[C@@]12C.O=C(O)C(F)(F)F. The van der Waals surface area contributed by atoms with Gasteiger partial charge in [0, 0.05) is 23.9 Å². The number of Topliss-reactive ketones (excluding diaryl/α,β-unsaturated/α-hetero) is 2. The summed E-state index contributed by atoms with van der Waals surface area (Å²) < 4.78 is 37.5. The topological polar surface area (TPSA) is 188 Å². The van der Waals surface area contributed by atoms with Gasteiger partial charge in [0.1, 0.15) is 34.0 Å². The lowest BCUT2D eigenvalue weighted by molar-refractivity contribution is -0.192. The molecule has 0 radical (unpaired) electrons. The summed E-state index contributed by atoms with van der Waals surface area (Å²) >= 11 is 0. The Kier molecular flexibility index (Phi) is 11.9. The van der Waals surface area contributed by atoms with Gasteiger partial charge in [0.15, 0.2) is 17.3 Å². The minimum atomic E-state index is -5.08. The molecule has 0 spiro atoms. The van der Waals surface area contributed by atoms with E-state index in [1.165, 1.54) is 19.9 Å². The number of nitrogens with one attached hydrogen (secondary N) is 2. The molecule has 1 heterocycles. The number of benzene rings is 1. The number of hydrogen-bond donors (Lipinski definition) is 6. The summed E-state index contributed by atoms with van der Waals surface area (Å²) in [5.41, 5.74) is 4.49. The van der Waals surface area contributed by atoms with Gasteiger partial charge in [0.2, 0.25) is 0 Å². The Morgan fingerprint density at radius 3 is 2.09 bits per heavy atom. The molecule has 11 nitrogen and oxygen atoms in total. The second-order valence-electron chi connectivity index (χ2n) is 10.4. The highest BCUT2D eigenvalue weighted by atomic mass is 19.4. The van der Waals surface area contributed by atoms with E-state index in [0.29, 0.717) is 18.8 Å². The number of ketones is 3. The van der Waals surface area contributed by atoms with E-state index in [4.69, 9.17) is 20.4 Å². The van der Waals surface area contributed by atoms with Crippen LogP contribution in [-0.4, -0.2) is 71.0 Å². The Labute approximate surface area is 247 Å². The first-order chi connectivity index (χ1) is 20.0. The van der Waals surface area contributed by atoms with Crippen LogP contribution in [0.5, 0.6) is 17.2 Å². The average Bonchev–Trinajstić information content (AvgIpc) is 3.20. The largest absolute Gasteiger partial charge is 0.507 e. The van der Waals surface area contributed by atoms with Crippen LogP contribution >= 0.6 is 0 Å². The highest BCUT2D eigenvalue weighted by molar-refractivity contribution is 6.31. The van der Waals surface area contributed by atoms with Crippen molar-refractivity contribution in [2.45, 2.75) is 71.4 Å². The summed E-state index contributed by atoms with van der Waals surface area (Å²) in [5, 5.41) is 35.0. The first-order valence-corrected chi connectivity index (χ1v) is 13.8. The predicted molar refractivity (Wildman–Crippen MR) is 150 cm³/mol. The predicted octanol–water partition coefficient (Wildman–Crippen LogP) is 3.29. The summed E-state index contributed by atoms with van der Waals surface area (Å²) in [6.45, 7) is 9.20. The van der Waals surface area contributed by atoms with Crippen molar-refractivity contribution in [1.82, 2.24) is 10.6 Å². The number of ether oxygens (including phenoxy) is 1. The van der Waals surface area contributed by atoms with Gasteiger partial charge in [-0.2, -0.15) is 13.2 Å². The van der Waals surface area contributed by atoms with E-state index < -0.39 is 40.7 Å². The fourth-order valence-corrected chi connectivity index (χ4v) is 4.80. The normalized spacial score (nSPS) is 18.6. The highest BCUT2D eigenvalue weighted by Gasteiger charge is 2.56. The van der Waals surface area contributed by atoms with Crippen LogP contribution in [-0.2, 0) is 19.8 Å². The lowest BCUT2D eigenvalue weighted by Crippen LogP contribution is -2.41. The molecule has 14 heteroatoms. The number of allylic oxidation sites excluding steroid dienone is 4. The molecule has 2 aliphatic rings. The number of unbranched alkanes of at least 4 members (excludes halogenated alkanes) is 3. The summed E-state index contributed by atoms with van der Waals surface area (Å²) in [4.78, 5) is 47.8. The second-order valence-corrected chi connectivity index (χ2v) is 10.4. The molecular formula is C29H38F3N3O8. The third kappa shape index (κ3) is 7.73. The Bertz CT molecular complexity index is 1340. The number of fused-ring (bicyclic) bond motifs is 3. The van der Waals surface area contributed by atoms with Crippen molar-refractivity contribution in [2.24, 2.45) is 5.73 Å². The summed E-state index contributed by atoms with van der Waals surface area (Å²) in [5.74, 6) is -5.04. The Morgan fingerprint density at radius 2 is 1.56 bits per heavy atom. The minimum Gasteiger partial charge on any atom is -0.507 e. The van der Waals surface area contributed by atoms with Crippen molar-refractivity contribution in [3.05, 3.63) is 39.8 Å². The molecule has 43 heavy (non-hydrogen) atoms. The van der Waals surface area contributed by atoms with Gasteiger partial charge in [-0.05, 0) is 73.0 Å². The molecule has 0 unspecified atom stereocenters. The third-order valence-electron chi connectivity index (χ3n) is 7.23. The van der Waals surface area contributed by atoms with Crippen molar-refractivity contribution in [3.63, 3.8) is 0 Å². The number of halogens is 3. The number of hydrogen-bond acceptors (Lipinski definition) is 10. The number of carbonyl (C=O) groups is 4. The third-order valence-corrected chi connectivity index (χ3v) is 7.23. The van der Waals surface area contributed by atoms with E-state index in [2.05, 4.69) is 10.6 Å². The first-order valence-electron chi connectivity index (χ1n) is 13.8. The number of rotatable bonds is 12. The van der Waals surface area contributed by atoms with Crippen LogP contribution in [0.25, 0.3) is 0 Å². The first kappa shape index (κ1) is 35.3. The molecular weight excluding hydrogens is 575 g/mol. The maximum atomic E-state index is 13.7. The van der Waals surface area contributed by atoms with Crippen LogP contribution in [0.1, 0.15) is 74.4 Å². The number of aromatic hydroxyl groups is 2. The number of alkyl halides is 3. The Morgan fingerprint density at radius 1 is 1.00 bits per heavy atom. The quantitative estimate of drug-likeness (QED) is 0.0879. The van der Waals surface area contributed by atoms with E-state index in [1.807, 2.05) is 0 Å². The molecule has 1 atom stereocenters. The molecule has 3 rings (SSSR count). The van der Waals surface area contributed by atoms with Gasteiger partial charge in [-0.25, -0.2) is 4.79 Å². The lowest BCUT2D eigenvalue weighted by Gasteiger charge is -2.29. The number of carbonyl (C=O) groups excluding carboxylic acids is 3. The maximum absolute atomic E-state index is 13.7. The Hall–Kier alpha value is -3.91. The van der Waals surface area contributed by atoms with E-state index in [1.54, 1.807) is 13.8 Å². The molecule has 1 aromatic rings. The van der Waals surface area contributed by atoms with Crippen LogP contribution in [0.2, 0.25) is 0 Å². The fraction of sp³-hybridized carbons (Fsp3) is 0.517. The van der Waals surface area contributed by atoms with Crippen molar-refractivity contribution in [1.29, 1.82) is 0 Å². The molecule has 1 aliphatic heterocycles. The van der Waals surface area contributed by atoms with Crippen LogP contribution < -0.4 is 21.1 Å². The number of phenols is 2. The van der Waals surface area contributed by atoms with Crippen LogP contribution in [0.3, 0.4) is 0 Å². The molecule has 0 saturated carbocycles. The number of carboxylic acid groups (broad SMARTS) is 1. The minimum absolute atomic E-state index is 0.00577. The molecule has 1 aliphatic carbocycles. The van der Waals surface area contributed by atoms with E-state index in [0.717, 1.165) is 45.2 Å². The number of nitrogens with two attached hydrogens (primary N) is 1. The van der Waals surface area contributed by atoms with Gasteiger partial charge in [-0.15, -0.1) is 0 Å². The molecule has 0 fully saturated rings. The number of aliphatic carboxylic acids is 1. The highest BCUT2D eigenvalue weighted by Crippen LogP contribution is 2.57. The summed E-state index contributed by atoms with van der Waals surface area (Å²) in [6.07, 6.45) is 1.15. The van der Waals surface area contributed by atoms with Gasteiger partial charge < -0.3 is 36.4 Å². The summed E-state index contributed by atoms with van der Waals surface area (Å²) in [6, 6.07) is 0. The van der Waals surface area contributed by atoms with E-state index in [-0.39, 0.29) is 39.5 Å². The molecule has 0 aromatic heterocycles. The number of phenolic OH excluding ortho intramolecular Hbond substituents is 2. The second kappa shape index (κ2) is 14.5. The zero-order valence-electron chi connectivity index (χ0n) is 24.5. The van der Waals surface area contributed by atoms with Crippen molar-refractivity contribution < 1.29 is 52.4 Å². The van der Waals surface area contributed by atoms with Crippen molar-refractivity contribution in [3.8, 4) is 17.2 Å². The van der Waals surface area contributed by atoms with Crippen molar-refractivity contribution in [2.75, 3.05) is 26.2 Å². The van der Waals surface area contributed by atoms with E-state index in [9.17, 15) is 37.8 Å². The smallest absolute Gasteiger partial charge is 0.490 e. The van der Waals surface area contributed by atoms with Gasteiger partial charge >= 0.3 is 12.1 Å². The molecule has 0 bridgehead atoms. The molecule has 7 N–H and O–H groups in total. The standard InChI is InChI=1S/C27H37N3O6.C2HF3O2/c1-15-23(33)21(17(3)31)25-22(24(15)34)27(4)19(36-25)14-18(32)20(26(27)35)16(2)30-13-8-5-7-11-29-12-9-6-10-28;3-2(4,5)1(6)7/h14,29-30,33-34H,5-13,28H2,1-4H3;(H,6,7)/b20-16+;/t27-;/m0./s1. The van der Waals surface area contributed by atoms with Crippen LogP contribution in [0, 0.1) is 6.92 Å². The molecule has 0 amide bonds. The van der Waals surface area contributed by atoms with Gasteiger partial charge in [-0.3, -0.25) is 14.4 Å². The maximum Gasteiger partial charge on any atom is 0.490 e. The van der Waals surface area contributed by atoms with Crippen molar-refractivity contribution >= 4 is 23.3 Å². The van der Waals surface area contributed by atoms with E-state index >= 15 is 0 Å². The van der Waals surface area contributed by atoms with Crippen LogP contribution in [0.15, 0.2) is 23.1 Å². The fourth-order valence-electron chi connectivity index (χ4n) is 4.80. The van der Waals surface area contributed by atoms with Gasteiger partial charge in [0.25, 0.3) is 0 Å². The monoisotopic (exact) mass is 613 g/mol. The molecule has 238 valence electrons. The zero-order chi connectivity index (χ0) is 32.7. The lowest BCUT2D eigenvalue weighted by atomic mass is 9.70. The number of carboxylic acids is 1. The van der Waals surface area contributed by atoms with Crippen LogP contribution in [0.4, 0.5) is 13.2 Å². The molecule has 0 saturated heterocycles. The Balaban J connectivity index is 0.000000821. The average molecular weight is 614 g/mol. The van der Waals surface area contributed by atoms with Gasteiger partial charge in [-0.1, -0.05) is 6.42 Å². The van der Waals surface area contributed by atoms with Gasteiger partial charge in [0.05, 0.1) is 11.1 Å². The zero-order valence-corrected chi connectivity index (χ0v) is 24.5. The summed E-state index contributed by atoms with van der Waals surface area (Å²) in [7, 11) is 0. The molecule has 1 aromatic carbocycles.